The molecular formula is C19H20ClF2N3O2S. The number of pyridine rings is 1. The summed E-state index contributed by atoms with van der Waals surface area (Å²) in [6.45, 7) is 4.40. The van der Waals surface area contributed by atoms with Crippen LogP contribution in [-0.4, -0.2) is 29.7 Å². The minimum Gasteiger partial charge on any atom is -0.386 e. The van der Waals surface area contributed by atoms with E-state index in [4.69, 9.17) is 17.3 Å². The van der Waals surface area contributed by atoms with E-state index in [1.165, 1.54) is 39.0 Å². The largest absolute Gasteiger partial charge is 0.386 e. The molecule has 0 spiro atoms. The number of hydrogen-bond donors (Lipinski definition) is 1. The van der Waals surface area contributed by atoms with Crippen LogP contribution in [0, 0.1) is 11.6 Å². The van der Waals surface area contributed by atoms with Crippen LogP contribution in [-0.2, 0) is 21.8 Å². The van der Waals surface area contributed by atoms with Gasteiger partial charge in [0.05, 0.1) is 10.8 Å². The summed E-state index contributed by atoms with van der Waals surface area (Å²) in [5, 5.41) is -0.0234. The molecule has 28 heavy (non-hydrogen) atoms. The first-order valence-corrected chi connectivity index (χ1v) is 10.6. The maximum absolute atomic E-state index is 14.6. The second-order valence-electron chi connectivity index (χ2n) is 7.56. The average Bonchev–Trinajstić information content (AvgIpc) is 2.58. The van der Waals surface area contributed by atoms with Gasteiger partial charge in [-0.1, -0.05) is 23.7 Å². The molecule has 0 unspecified atom stereocenters. The first-order valence-electron chi connectivity index (χ1n) is 8.54. The number of rotatable bonds is 3. The van der Waals surface area contributed by atoms with Crippen molar-refractivity contribution in [2.75, 3.05) is 5.75 Å². The minimum absolute atomic E-state index is 0.0234. The summed E-state index contributed by atoms with van der Waals surface area (Å²) in [7, 11) is -3.71. The number of sulfone groups is 1. The second-order valence-corrected chi connectivity index (χ2v) is 10.5. The quantitative estimate of drug-likeness (QED) is 0.813. The predicted molar refractivity (Wildman–Crippen MR) is 105 cm³/mol. The predicted octanol–water partition coefficient (Wildman–Crippen LogP) is 3.38. The SMILES string of the molecule is CC1(C)C(N)=N[C@@](C)(c2nc(Cc3cccc(Cl)c3F)ccc2F)CS1(=O)=O. The number of hydrogen-bond acceptors (Lipinski definition) is 5. The highest BCUT2D eigenvalue weighted by molar-refractivity contribution is 7.93. The van der Waals surface area contributed by atoms with E-state index in [1.54, 1.807) is 12.1 Å². The van der Waals surface area contributed by atoms with Crippen LogP contribution in [0.2, 0.25) is 5.02 Å². The van der Waals surface area contributed by atoms with E-state index in [0.717, 1.165) is 0 Å². The third-order valence-corrected chi connectivity index (χ3v) is 8.05. The number of aliphatic imine (C=N–C) groups is 1. The molecule has 2 N–H and O–H groups in total. The van der Waals surface area contributed by atoms with E-state index in [0.29, 0.717) is 11.3 Å². The summed E-state index contributed by atoms with van der Waals surface area (Å²) in [6, 6.07) is 7.17. The van der Waals surface area contributed by atoms with Gasteiger partial charge in [-0.05, 0) is 44.5 Å². The summed E-state index contributed by atoms with van der Waals surface area (Å²) in [5.41, 5.74) is 4.93. The molecule has 0 saturated heterocycles. The van der Waals surface area contributed by atoms with Crippen molar-refractivity contribution in [1.29, 1.82) is 0 Å². The normalized spacial score (nSPS) is 23.3. The molecule has 0 fully saturated rings. The summed E-state index contributed by atoms with van der Waals surface area (Å²) in [4.78, 5) is 8.56. The lowest BCUT2D eigenvalue weighted by Gasteiger charge is -2.37. The van der Waals surface area contributed by atoms with E-state index >= 15 is 0 Å². The zero-order valence-electron chi connectivity index (χ0n) is 15.6. The average molecular weight is 428 g/mol. The van der Waals surface area contributed by atoms with Gasteiger partial charge in [-0.2, -0.15) is 0 Å². The van der Waals surface area contributed by atoms with Gasteiger partial charge in [-0.15, -0.1) is 0 Å². The molecule has 1 atom stereocenters. The van der Waals surface area contributed by atoms with E-state index in [9.17, 15) is 17.2 Å². The molecule has 0 amide bonds. The molecule has 0 aliphatic carbocycles. The van der Waals surface area contributed by atoms with Crippen LogP contribution in [0.15, 0.2) is 35.3 Å². The van der Waals surface area contributed by atoms with Gasteiger partial charge in [0.25, 0.3) is 0 Å². The molecule has 3 rings (SSSR count). The monoisotopic (exact) mass is 427 g/mol. The summed E-state index contributed by atoms with van der Waals surface area (Å²) < 4.78 is 52.8. The fourth-order valence-corrected chi connectivity index (χ4v) is 4.96. The highest BCUT2D eigenvalue weighted by Gasteiger charge is 2.50. The molecule has 1 aliphatic rings. The standard InChI is InChI=1S/C19H20ClF2N3O2S/c1-18(2)17(23)25-19(3,10-28(18,26)27)16-14(21)8-7-12(24-16)9-11-5-4-6-13(20)15(11)22/h4-8H,9-10H2,1-3H3,(H2,23,25)/t19-/m1/s1. The zero-order chi connectivity index (χ0) is 20.9. The smallest absolute Gasteiger partial charge is 0.165 e. The van der Waals surface area contributed by atoms with Crippen LogP contribution in [0.5, 0.6) is 0 Å². The maximum atomic E-state index is 14.6. The lowest BCUT2D eigenvalue weighted by molar-refractivity contribution is 0.459. The minimum atomic E-state index is -3.71. The second kappa shape index (κ2) is 6.77. The number of halogens is 3. The molecular weight excluding hydrogens is 408 g/mol. The highest BCUT2D eigenvalue weighted by Crippen LogP contribution is 2.37. The van der Waals surface area contributed by atoms with E-state index < -0.39 is 37.5 Å². The van der Waals surface area contributed by atoms with Crippen LogP contribution < -0.4 is 5.73 Å². The molecule has 0 saturated carbocycles. The van der Waals surface area contributed by atoms with Gasteiger partial charge in [-0.3, -0.25) is 9.98 Å². The number of nitrogens with zero attached hydrogens (tertiary/aromatic N) is 2. The molecule has 150 valence electrons. The van der Waals surface area contributed by atoms with Crippen molar-refractivity contribution in [3.05, 3.63) is 63.9 Å². The fourth-order valence-electron chi connectivity index (χ4n) is 3.10. The lowest BCUT2D eigenvalue weighted by Crippen LogP contribution is -2.55. The molecule has 5 nitrogen and oxygen atoms in total. The molecule has 0 radical (unpaired) electrons. The van der Waals surface area contributed by atoms with Gasteiger partial charge in [0, 0.05) is 12.1 Å². The first-order chi connectivity index (χ1) is 12.9. The van der Waals surface area contributed by atoms with E-state index in [-0.39, 0.29) is 23.0 Å². The van der Waals surface area contributed by atoms with Gasteiger partial charge in [-0.25, -0.2) is 17.2 Å². The molecule has 1 aromatic carbocycles. The van der Waals surface area contributed by atoms with Crippen LogP contribution >= 0.6 is 11.6 Å². The van der Waals surface area contributed by atoms with Crippen molar-refractivity contribution >= 4 is 27.3 Å². The van der Waals surface area contributed by atoms with Crippen molar-refractivity contribution in [3.63, 3.8) is 0 Å². The zero-order valence-corrected chi connectivity index (χ0v) is 17.2. The van der Waals surface area contributed by atoms with Crippen molar-refractivity contribution < 1.29 is 17.2 Å². The number of aromatic nitrogens is 1. The fraction of sp³-hybridized carbons (Fsp3) is 0.368. The van der Waals surface area contributed by atoms with Crippen LogP contribution in [0.25, 0.3) is 0 Å². The molecule has 0 bridgehead atoms. The van der Waals surface area contributed by atoms with E-state index in [1.807, 2.05) is 0 Å². The maximum Gasteiger partial charge on any atom is 0.165 e. The summed E-state index contributed by atoms with van der Waals surface area (Å²) >= 11 is 5.80. The number of nitrogens with two attached hydrogens (primary N) is 1. The van der Waals surface area contributed by atoms with Gasteiger partial charge in [0.1, 0.15) is 33.4 Å². The topological polar surface area (TPSA) is 85.4 Å². The summed E-state index contributed by atoms with van der Waals surface area (Å²) in [6.07, 6.45) is 0.0627. The first kappa shape index (κ1) is 20.7. The Bertz CT molecular complexity index is 1090. The molecule has 2 aromatic rings. The Hall–Kier alpha value is -2.06. The van der Waals surface area contributed by atoms with Crippen LogP contribution in [0.3, 0.4) is 0 Å². The van der Waals surface area contributed by atoms with Crippen LogP contribution in [0.4, 0.5) is 8.78 Å². The lowest BCUT2D eigenvalue weighted by atomic mass is 9.97. The highest BCUT2D eigenvalue weighted by atomic mass is 35.5. The van der Waals surface area contributed by atoms with Gasteiger partial charge in [0.2, 0.25) is 0 Å². The Labute approximate surface area is 167 Å². The third kappa shape index (κ3) is 3.39. The molecule has 1 aliphatic heterocycles. The summed E-state index contributed by atoms with van der Waals surface area (Å²) in [5.74, 6) is -1.82. The van der Waals surface area contributed by atoms with Crippen molar-refractivity contribution in [3.8, 4) is 0 Å². The van der Waals surface area contributed by atoms with Crippen LogP contribution in [0.1, 0.15) is 37.7 Å². The molecule has 9 heteroatoms. The van der Waals surface area contributed by atoms with Crippen molar-refractivity contribution in [2.24, 2.45) is 10.7 Å². The number of amidine groups is 1. The Morgan fingerprint density at radius 3 is 2.50 bits per heavy atom. The van der Waals surface area contributed by atoms with E-state index in [2.05, 4.69) is 9.98 Å². The Morgan fingerprint density at radius 2 is 1.86 bits per heavy atom. The number of benzene rings is 1. The third-order valence-electron chi connectivity index (χ3n) is 5.05. The van der Waals surface area contributed by atoms with Crippen molar-refractivity contribution in [2.45, 2.75) is 37.5 Å². The van der Waals surface area contributed by atoms with Gasteiger partial charge in [0.15, 0.2) is 9.84 Å². The van der Waals surface area contributed by atoms with Crippen molar-refractivity contribution in [1.82, 2.24) is 4.98 Å². The Morgan fingerprint density at radius 1 is 1.18 bits per heavy atom. The van der Waals surface area contributed by atoms with Gasteiger partial charge >= 0.3 is 0 Å². The Balaban J connectivity index is 2.07. The Kier molecular flexibility index (Phi) is 5.00. The van der Waals surface area contributed by atoms with Gasteiger partial charge < -0.3 is 5.73 Å². The molecule has 2 heterocycles. The molecule has 1 aromatic heterocycles.